The lowest BCUT2D eigenvalue weighted by molar-refractivity contribution is -0.113. The monoisotopic (exact) mass is 563 g/mol. The first-order chi connectivity index (χ1) is 15.9. The Labute approximate surface area is 212 Å². The summed E-state index contributed by atoms with van der Waals surface area (Å²) < 4.78 is 9.10. The first-order valence-electron chi connectivity index (χ1n) is 10.5. The molecule has 1 N–H and O–H groups in total. The maximum absolute atomic E-state index is 12.5. The Hall–Kier alpha value is -1.66. The van der Waals surface area contributed by atoms with E-state index >= 15 is 0 Å². The highest BCUT2D eigenvalue weighted by Gasteiger charge is 2.33. The van der Waals surface area contributed by atoms with Crippen LogP contribution in [-0.2, 0) is 22.6 Å². The molecule has 0 aliphatic carbocycles. The lowest BCUT2D eigenvalue weighted by Crippen LogP contribution is -2.33. The van der Waals surface area contributed by atoms with Crippen LogP contribution in [0.3, 0.4) is 0 Å². The first-order valence-corrected chi connectivity index (χ1v) is 14.3. The molecule has 172 valence electrons. The molecule has 0 saturated heterocycles. The molecular formula is C22H22BrN5O2S3. The van der Waals surface area contributed by atoms with Crippen LogP contribution < -0.4 is 5.32 Å². The standard InChI is InChI=1S/C22H22BrN5O2S3/c1-4-22(2)9-14-15(10-30-22)33-19-17(14)18-26-27-21(28(18)20(25-19)31-3)32-11-16(29)24-13-7-5-12(23)6-8-13/h5-8H,4,9-11H2,1-3H3,(H,24,29). The highest BCUT2D eigenvalue weighted by atomic mass is 79.9. The average Bonchev–Trinajstić information content (AvgIpc) is 3.39. The summed E-state index contributed by atoms with van der Waals surface area (Å²) >= 11 is 8.00. The summed E-state index contributed by atoms with van der Waals surface area (Å²) in [4.78, 5) is 19.6. The van der Waals surface area contributed by atoms with E-state index in [-0.39, 0.29) is 17.3 Å². The molecule has 4 heterocycles. The summed E-state index contributed by atoms with van der Waals surface area (Å²) in [5.74, 6) is 0.134. The Morgan fingerprint density at radius 1 is 1.30 bits per heavy atom. The molecule has 5 rings (SSSR count). The molecule has 1 aromatic carbocycles. The van der Waals surface area contributed by atoms with Crippen LogP contribution in [0.5, 0.6) is 0 Å². The quantitative estimate of drug-likeness (QED) is 0.234. The van der Waals surface area contributed by atoms with Crippen molar-refractivity contribution < 1.29 is 9.53 Å². The number of halogens is 1. The van der Waals surface area contributed by atoms with Gasteiger partial charge in [-0.25, -0.2) is 9.38 Å². The molecule has 0 saturated carbocycles. The lowest BCUT2D eigenvalue weighted by Gasteiger charge is -2.32. The van der Waals surface area contributed by atoms with Crippen LogP contribution in [0.2, 0.25) is 0 Å². The predicted molar refractivity (Wildman–Crippen MR) is 139 cm³/mol. The summed E-state index contributed by atoms with van der Waals surface area (Å²) in [5.41, 5.74) is 2.65. The van der Waals surface area contributed by atoms with E-state index in [1.807, 2.05) is 34.9 Å². The van der Waals surface area contributed by atoms with Gasteiger partial charge in [-0.05, 0) is 49.4 Å². The van der Waals surface area contributed by atoms with Crippen molar-refractivity contribution in [1.29, 1.82) is 0 Å². The Kier molecular flexibility index (Phi) is 6.43. The van der Waals surface area contributed by atoms with E-state index in [0.717, 1.165) is 44.0 Å². The molecule has 0 bridgehead atoms. The number of fused-ring (bicyclic) bond motifs is 5. The van der Waals surface area contributed by atoms with Crippen LogP contribution in [0.25, 0.3) is 15.9 Å². The Morgan fingerprint density at radius 2 is 2.09 bits per heavy atom. The molecular weight excluding hydrogens is 542 g/mol. The fraction of sp³-hybridized carbons (Fsp3) is 0.364. The smallest absolute Gasteiger partial charge is 0.234 e. The zero-order chi connectivity index (χ0) is 23.2. The summed E-state index contributed by atoms with van der Waals surface area (Å²) in [5, 5.41) is 14.5. The molecule has 1 atom stereocenters. The normalized spacial score (nSPS) is 18.1. The van der Waals surface area contributed by atoms with Crippen LogP contribution in [0, 0.1) is 0 Å². The van der Waals surface area contributed by atoms with Crippen LogP contribution in [-0.4, -0.2) is 43.1 Å². The Balaban J connectivity index is 1.47. The number of amides is 1. The van der Waals surface area contributed by atoms with E-state index < -0.39 is 0 Å². The van der Waals surface area contributed by atoms with Crippen molar-refractivity contribution >= 4 is 78.2 Å². The Morgan fingerprint density at radius 3 is 2.82 bits per heavy atom. The number of carbonyl (C=O) groups excluding carboxylic acids is 1. The SMILES string of the molecule is CCC1(C)Cc2c(sc3nc(SC)n4c(SCC(=O)Nc5ccc(Br)cc5)nnc4c23)CO1. The van der Waals surface area contributed by atoms with E-state index in [9.17, 15) is 4.79 Å². The number of nitrogens with one attached hydrogen (secondary N) is 1. The van der Waals surface area contributed by atoms with E-state index in [2.05, 4.69) is 45.3 Å². The summed E-state index contributed by atoms with van der Waals surface area (Å²) in [6.45, 7) is 4.92. The van der Waals surface area contributed by atoms with Crippen molar-refractivity contribution in [3.05, 3.63) is 39.2 Å². The van der Waals surface area contributed by atoms with Crippen molar-refractivity contribution in [2.75, 3.05) is 17.3 Å². The van der Waals surface area contributed by atoms with Gasteiger partial charge in [0.05, 0.1) is 23.3 Å². The van der Waals surface area contributed by atoms with Crippen molar-refractivity contribution in [1.82, 2.24) is 19.6 Å². The third kappa shape index (κ3) is 4.41. The number of hydrogen-bond donors (Lipinski definition) is 1. The lowest BCUT2D eigenvalue weighted by atomic mass is 9.90. The van der Waals surface area contributed by atoms with Gasteiger partial charge in [0, 0.05) is 21.5 Å². The van der Waals surface area contributed by atoms with Gasteiger partial charge in [-0.15, -0.1) is 21.5 Å². The van der Waals surface area contributed by atoms with Gasteiger partial charge >= 0.3 is 0 Å². The molecule has 3 aromatic heterocycles. The highest BCUT2D eigenvalue weighted by Crippen LogP contribution is 2.42. The Bertz CT molecular complexity index is 1350. The molecule has 7 nitrogen and oxygen atoms in total. The maximum atomic E-state index is 12.5. The molecule has 1 aliphatic rings. The average molecular weight is 565 g/mol. The summed E-state index contributed by atoms with van der Waals surface area (Å²) in [7, 11) is 0. The second-order valence-corrected chi connectivity index (χ2v) is 11.8. The zero-order valence-corrected chi connectivity index (χ0v) is 22.4. The number of thioether (sulfide) groups is 2. The summed E-state index contributed by atoms with van der Waals surface area (Å²) in [6, 6.07) is 7.51. The van der Waals surface area contributed by atoms with Gasteiger partial charge in [-0.2, -0.15) is 0 Å². The second-order valence-electron chi connectivity index (χ2n) is 8.04. The van der Waals surface area contributed by atoms with E-state index in [1.165, 1.54) is 22.2 Å². The van der Waals surface area contributed by atoms with E-state index in [0.29, 0.717) is 11.8 Å². The van der Waals surface area contributed by atoms with Gasteiger partial charge in [-0.3, -0.25) is 4.79 Å². The molecule has 33 heavy (non-hydrogen) atoms. The first kappa shape index (κ1) is 23.1. The number of hydrogen-bond acceptors (Lipinski definition) is 8. The van der Waals surface area contributed by atoms with E-state index in [1.54, 1.807) is 23.1 Å². The number of nitrogens with zero attached hydrogens (tertiary/aromatic N) is 4. The van der Waals surface area contributed by atoms with Gasteiger partial charge in [0.25, 0.3) is 0 Å². The largest absolute Gasteiger partial charge is 0.369 e. The molecule has 0 radical (unpaired) electrons. The third-order valence-corrected chi connectivity index (χ3v) is 9.01. The van der Waals surface area contributed by atoms with Crippen LogP contribution in [0.15, 0.2) is 39.1 Å². The number of carbonyl (C=O) groups is 1. The fourth-order valence-corrected chi connectivity index (χ4v) is 6.58. The topological polar surface area (TPSA) is 81.4 Å². The van der Waals surface area contributed by atoms with Gasteiger partial charge in [0.2, 0.25) is 5.91 Å². The molecule has 0 fully saturated rings. The number of thiophene rings is 1. The minimum Gasteiger partial charge on any atom is -0.369 e. The van der Waals surface area contributed by atoms with Gasteiger partial charge < -0.3 is 10.1 Å². The summed E-state index contributed by atoms with van der Waals surface area (Å²) in [6.07, 6.45) is 3.77. The third-order valence-electron chi connectivity index (χ3n) is 5.81. The van der Waals surface area contributed by atoms with Gasteiger partial charge in [0.1, 0.15) is 4.83 Å². The predicted octanol–water partition coefficient (Wildman–Crippen LogP) is 5.80. The molecule has 1 amide bonds. The van der Waals surface area contributed by atoms with Gasteiger partial charge in [-0.1, -0.05) is 46.4 Å². The van der Waals surface area contributed by atoms with E-state index in [4.69, 9.17) is 9.72 Å². The van der Waals surface area contributed by atoms with Gasteiger partial charge in [0.15, 0.2) is 16.0 Å². The number of aromatic nitrogens is 4. The maximum Gasteiger partial charge on any atom is 0.234 e. The van der Waals surface area contributed by atoms with Crippen molar-refractivity contribution in [2.24, 2.45) is 0 Å². The molecule has 11 heteroatoms. The highest BCUT2D eigenvalue weighted by molar-refractivity contribution is 9.10. The molecule has 1 unspecified atom stereocenters. The number of benzene rings is 1. The molecule has 4 aromatic rings. The van der Waals surface area contributed by atoms with Crippen LogP contribution >= 0.6 is 50.8 Å². The minimum absolute atomic E-state index is 0.0948. The second kappa shape index (κ2) is 9.18. The molecule has 0 spiro atoms. The van der Waals surface area contributed by atoms with Crippen molar-refractivity contribution in [2.45, 2.75) is 49.2 Å². The van der Waals surface area contributed by atoms with Crippen LogP contribution in [0.4, 0.5) is 5.69 Å². The fourth-order valence-electron chi connectivity index (χ4n) is 3.83. The van der Waals surface area contributed by atoms with Crippen molar-refractivity contribution in [3.63, 3.8) is 0 Å². The number of ether oxygens (including phenoxy) is 1. The number of rotatable bonds is 6. The molecule has 1 aliphatic heterocycles. The van der Waals surface area contributed by atoms with Crippen molar-refractivity contribution in [3.8, 4) is 0 Å². The zero-order valence-electron chi connectivity index (χ0n) is 18.3. The minimum atomic E-state index is -0.182. The number of anilines is 1. The van der Waals surface area contributed by atoms with Crippen LogP contribution in [0.1, 0.15) is 30.7 Å².